The molecule has 2 aromatic rings. The molecule has 0 aliphatic rings. The van der Waals surface area contributed by atoms with Crippen molar-refractivity contribution in [2.24, 2.45) is 0 Å². The van der Waals surface area contributed by atoms with Crippen LogP contribution >= 0.6 is 11.8 Å². The van der Waals surface area contributed by atoms with Gasteiger partial charge < -0.3 is 25.4 Å². The first kappa shape index (κ1) is 31.0. The van der Waals surface area contributed by atoms with Crippen molar-refractivity contribution >= 4 is 35.4 Å². The largest absolute Gasteiger partial charge is 0.508 e. The number of carbonyl (C=O) groups excluding carboxylic acids is 3. The van der Waals surface area contributed by atoms with E-state index in [1.165, 1.54) is 17.0 Å². The van der Waals surface area contributed by atoms with Crippen LogP contribution in [-0.2, 0) is 14.3 Å². The Balaban J connectivity index is 2.54. The number of alkyl carbamates (subject to hydrolysis) is 1. The second-order valence-electron chi connectivity index (χ2n) is 10.6. The highest BCUT2D eigenvalue weighted by Gasteiger charge is 2.38. The number of para-hydroxylation sites is 1. The van der Waals surface area contributed by atoms with E-state index < -0.39 is 41.6 Å². The zero-order valence-corrected chi connectivity index (χ0v) is 24.4. The van der Waals surface area contributed by atoms with Crippen LogP contribution in [0.2, 0.25) is 0 Å². The Kier molecular flexibility index (Phi) is 11.1. The summed E-state index contributed by atoms with van der Waals surface area (Å²) in [5.74, 6) is -0.237. The highest BCUT2D eigenvalue weighted by Crippen LogP contribution is 2.30. The fourth-order valence-corrected chi connectivity index (χ4v) is 4.61. The standard InChI is InChI=1S/C29H41N3O5S/c1-18(2)32(27(35)23(15-16-38-8)30-28(36)37-29(5,6)7)25(21-13-10-14-22(33)17-21)26(34)31-24-19(3)11-9-12-20(24)4/h9-14,17-18,23,25,33H,15-16H2,1-8H3,(H,30,36)(H,31,34). The molecule has 0 aromatic heterocycles. The predicted octanol–water partition coefficient (Wildman–Crippen LogP) is 5.57. The monoisotopic (exact) mass is 543 g/mol. The van der Waals surface area contributed by atoms with Crippen LogP contribution in [0, 0.1) is 13.8 Å². The molecule has 3 N–H and O–H groups in total. The third-order valence-electron chi connectivity index (χ3n) is 5.85. The van der Waals surface area contributed by atoms with E-state index in [4.69, 9.17) is 4.74 Å². The Bertz CT molecular complexity index is 1110. The molecule has 8 nitrogen and oxygen atoms in total. The lowest BCUT2D eigenvalue weighted by Crippen LogP contribution is -2.54. The number of phenolic OH excluding ortho intramolecular Hbond substituents is 1. The van der Waals surface area contributed by atoms with Gasteiger partial charge in [0.1, 0.15) is 23.4 Å². The number of thioether (sulfide) groups is 1. The molecule has 0 aliphatic heterocycles. The molecular formula is C29H41N3O5S. The number of carbonyl (C=O) groups is 3. The molecule has 2 rings (SSSR count). The van der Waals surface area contributed by atoms with E-state index in [1.807, 2.05) is 52.1 Å². The number of benzene rings is 2. The molecule has 0 heterocycles. The highest BCUT2D eigenvalue weighted by atomic mass is 32.2. The van der Waals surface area contributed by atoms with Crippen LogP contribution < -0.4 is 10.6 Å². The summed E-state index contributed by atoms with van der Waals surface area (Å²) in [6.07, 6.45) is 1.57. The number of anilines is 1. The van der Waals surface area contributed by atoms with Gasteiger partial charge in [-0.05, 0) is 95.7 Å². The Morgan fingerprint density at radius 1 is 1.05 bits per heavy atom. The maximum atomic E-state index is 14.1. The summed E-state index contributed by atoms with van der Waals surface area (Å²) < 4.78 is 5.41. The fraction of sp³-hybridized carbons (Fsp3) is 0.483. The molecule has 2 atom stereocenters. The number of aryl methyl sites for hydroxylation is 2. The fourth-order valence-electron chi connectivity index (χ4n) is 4.14. The normalized spacial score (nSPS) is 13.0. The number of hydrogen-bond acceptors (Lipinski definition) is 6. The average Bonchev–Trinajstić information content (AvgIpc) is 2.80. The minimum absolute atomic E-state index is 0.0191. The van der Waals surface area contributed by atoms with Crippen molar-refractivity contribution in [3.8, 4) is 5.75 Å². The van der Waals surface area contributed by atoms with E-state index in [2.05, 4.69) is 10.6 Å². The molecule has 0 aliphatic carbocycles. The SMILES string of the molecule is CSCCC(NC(=O)OC(C)(C)C)C(=O)N(C(C)C)C(C(=O)Nc1c(C)cccc1C)c1cccc(O)c1. The van der Waals surface area contributed by atoms with E-state index in [1.54, 1.807) is 44.7 Å². The molecule has 3 amide bonds. The number of ether oxygens (including phenoxy) is 1. The minimum Gasteiger partial charge on any atom is -0.508 e. The van der Waals surface area contributed by atoms with Crippen molar-refractivity contribution in [2.45, 2.75) is 78.6 Å². The average molecular weight is 544 g/mol. The summed E-state index contributed by atoms with van der Waals surface area (Å²) in [6.45, 7) is 12.7. The van der Waals surface area contributed by atoms with Gasteiger partial charge >= 0.3 is 6.09 Å². The smallest absolute Gasteiger partial charge is 0.408 e. The van der Waals surface area contributed by atoms with Crippen molar-refractivity contribution in [3.63, 3.8) is 0 Å². The Morgan fingerprint density at radius 2 is 1.66 bits per heavy atom. The molecule has 0 spiro atoms. The summed E-state index contributed by atoms with van der Waals surface area (Å²) in [6, 6.07) is 9.67. The van der Waals surface area contributed by atoms with Crippen molar-refractivity contribution in [1.82, 2.24) is 10.2 Å². The van der Waals surface area contributed by atoms with Crippen LogP contribution in [0.5, 0.6) is 5.75 Å². The zero-order chi connectivity index (χ0) is 28.6. The van der Waals surface area contributed by atoms with Gasteiger partial charge in [0.25, 0.3) is 5.91 Å². The van der Waals surface area contributed by atoms with E-state index in [0.29, 0.717) is 23.4 Å². The van der Waals surface area contributed by atoms with Crippen LogP contribution in [0.4, 0.5) is 10.5 Å². The van der Waals surface area contributed by atoms with E-state index in [-0.39, 0.29) is 5.75 Å². The molecule has 0 radical (unpaired) electrons. The van der Waals surface area contributed by atoms with Crippen molar-refractivity contribution in [1.29, 1.82) is 0 Å². The second-order valence-corrected chi connectivity index (χ2v) is 11.6. The van der Waals surface area contributed by atoms with Crippen molar-refractivity contribution in [3.05, 3.63) is 59.2 Å². The highest BCUT2D eigenvalue weighted by molar-refractivity contribution is 7.98. The summed E-state index contributed by atoms with van der Waals surface area (Å²) in [5, 5.41) is 16.0. The second kappa shape index (κ2) is 13.6. The molecule has 0 saturated heterocycles. The summed E-state index contributed by atoms with van der Waals surface area (Å²) in [5.41, 5.74) is 2.17. The van der Waals surface area contributed by atoms with Gasteiger partial charge in [0.2, 0.25) is 5.91 Å². The third-order valence-corrected chi connectivity index (χ3v) is 6.50. The maximum absolute atomic E-state index is 14.1. The van der Waals surface area contributed by atoms with Crippen LogP contribution in [0.25, 0.3) is 0 Å². The lowest BCUT2D eigenvalue weighted by atomic mass is 9.99. The molecule has 0 saturated carbocycles. The van der Waals surface area contributed by atoms with Crippen LogP contribution in [0.3, 0.4) is 0 Å². The number of rotatable bonds is 10. The predicted molar refractivity (Wildman–Crippen MR) is 154 cm³/mol. The molecule has 0 bridgehead atoms. The first-order valence-corrected chi connectivity index (χ1v) is 14.1. The van der Waals surface area contributed by atoms with Crippen LogP contribution in [-0.4, -0.2) is 57.6 Å². The molecule has 38 heavy (non-hydrogen) atoms. The van der Waals surface area contributed by atoms with Gasteiger partial charge in [0.15, 0.2) is 0 Å². The molecule has 9 heteroatoms. The molecule has 208 valence electrons. The van der Waals surface area contributed by atoms with Crippen LogP contribution in [0.1, 0.15) is 63.8 Å². The van der Waals surface area contributed by atoms with Gasteiger partial charge in [-0.1, -0.05) is 30.3 Å². The van der Waals surface area contributed by atoms with Gasteiger partial charge in [-0.15, -0.1) is 0 Å². The molecule has 2 aromatic carbocycles. The maximum Gasteiger partial charge on any atom is 0.408 e. The Hall–Kier alpha value is -3.20. The molecule has 0 fully saturated rings. The first-order chi connectivity index (χ1) is 17.7. The number of amides is 3. The molecule has 2 unspecified atom stereocenters. The summed E-state index contributed by atoms with van der Waals surface area (Å²) in [7, 11) is 0. The number of nitrogens with zero attached hydrogens (tertiary/aromatic N) is 1. The lowest BCUT2D eigenvalue weighted by Gasteiger charge is -2.37. The Labute approximate surface area is 230 Å². The van der Waals surface area contributed by atoms with Gasteiger partial charge in [-0.3, -0.25) is 9.59 Å². The quantitative estimate of drug-likeness (QED) is 0.362. The number of phenols is 1. The van der Waals surface area contributed by atoms with Crippen molar-refractivity contribution < 1.29 is 24.2 Å². The number of nitrogens with one attached hydrogen (secondary N) is 2. The van der Waals surface area contributed by atoms with Crippen molar-refractivity contribution in [2.75, 3.05) is 17.3 Å². The number of hydrogen-bond donors (Lipinski definition) is 3. The van der Waals surface area contributed by atoms with E-state index in [0.717, 1.165) is 11.1 Å². The lowest BCUT2D eigenvalue weighted by molar-refractivity contribution is -0.143. The zero-order valence-electron chi connectivity index (χ0n) is 23.6. The van der Waals surface area contributed by atoms with E-state index in [9.17, 15) is 19.5 Å². The van der Waals surface area contributed by atoms with Crippen LogP contribution in [0.15, 0.2) is 42.5 Å². The topological polar surface area (TPSA) is 108 Å². The van der Waals surface area contributed by atoms with Gasteiger partial charge in [-0.2, -0.15) is 11.8 Å². The van der Waals surface area contributed by atoms with Gasteiger partial charge in [-0.25, -0.2) is 4.79 Å². The summed E-state index contributed by atoms with van der Waals surface area (Å²) in [4.78, 5) is 42.1. The van der Waals surface area contributed by atoms with Gasteiger partial charge in [0.05, 0.1) is 0 Å². The first-order valence-electron chi connectivity index (χ1n) is 12.7. The molecular weight excluding hydrogens is 502 g/mol. The van der Waals surface area contributed by atoms with E-state index >= 15 is 0 Å². The number of aromatic hydroxyl groups is 1. The van der Waals surface area contributed by atoms with Gasteiger partial charge in [0, 0.05) is 11.7 Å². The minimum atomic E-state index is -1.06. The third kappa shape index (κ3) is 8.68. The summed E-state index contributed by atoms with van der Waals surface area (Å²) >= 11 is 1.55. The Morgan fingerprint density at radius 3 is 2.18 bits per heavy atom.